The van der Waals surface area contributed by atoms with E-state index in [0.717, 1.165) is 6.54 Å². The van der Waals surface area contributed by atoms with E-state index in [1.807, 2.05) is 12.3 Å². The normalized spacial score (nSPS) is 20.0. The second kappa shape index (κ2) is 6.50. The van der Waals surface area contributed by atoms with Crippen LogP contribution < -0.4 is 5.32 Å². The van der Waals surface area contributed by atoms with Crippen molar-refractivity contribution in [3.8, 4) is 0 Å². The third kappa shape index (κ3) is 3.78. The number of hydrogen-bond donors (Lipinski definition) is 2. The zero-order valence-electron chi connectivity index (χ0n) is 12.0. The monoisotopic (exact) mass is 266 g/mol. The molecule has 2 N–H and O–H groups in total. The van der Waals surface area contributed by atoms with Crippen LogP contribution >= 0.6 is 0 Å². The summed E-state index contributed by atoms with van der Waals surface area (Å²) in [6.45, 7) is 2.13. The molecule has 1 atom stereocenters. The maximum absolute atomic E-state index is 9.98. The lowest BCUT2D eigenvalue weighted by Gasteiger charge is -2.37. The van der Waals surface area contributed by atoms with Crippen LogP contribution in [0.1, 0.15) is 25.7 Å². The Balaban J connectivity index is 1.73. The molecule has 1 aromatic rings. The summed E-state index contributed by atoms with van der Waals surface area (Å²) in [4.78, 5) is 2.34. The summed E-state index contributed by atoms with van der Waals surface area (Å²) in [5.41, 5.74) is 0.283. The number of likely N-dealkylation sites (N-methyl/N-ethyl adjacent to an activating group) is 1. The third-order valence-corrected chi connectivity index (χ3v) is 4.27. The molecule has 1 unspecified atom stereocenters. The minimum Gasteiger partial charge on any atom is -0.390 e. The van der Waals surface area contributed by atoms with Gasteiger partial charge in [0.15, 0.2) is 0 Å². The molecular formula is C14H26N4O. The van der Waals surface area contributed by atoms with Crippen LogP contribution in [0.25, 0.3) is 0 Å². The van der Waals surface area contributed by atoms with Crippen LogP contribution in [0, 0.1) is 0 Å². The van der Waals surface area contributed by atoms with E-state index >= 15 is 0 Å². The van der Waals surface area contributed by atoms with E-state index in [9.17, 15) is 5.11 Å². The largest absolute Gasteiger partial charge is 0.390 e. The Morgan fingerprint density at radius 1 is 1.42 bits per heavy atom. The Labute approximate surface area is 115 Å². The van der Waals surface area contributed by atoms with Crippen molar-refractivity contribution in [2.45, 2.75) is 43.9 Å². The lowest BCUT2D eigenvalue weighted by atomic mass is 9.96. The van der Waals surface area contributed by atoms with Crippen LogP contribution in [0.2, 0.25) is 0 Å². The van der Waals surface area contributed by atoms with E-state index in [1.54, 1.807) is 10.9 Å². The fourth-order valence-corrected chi connectivity index (χ4v) is 2.98. The van der Waals surface area contributed by atoms with Gasteiger partial charge in [-0.15, -0.1) is 0 Å². The molecule has 1 saturated carbocycles. The zero-order valence-corrected chi connectivity index (χ0v) is 12.0. The Morgan fingerprint density at radius 2 is 2.16 bits per heavy atom. The van der Waals surface area contributed by atoms with Crippen LogP contribution in [0.5, 0.6) is 0 Å². The summed E-state index contributed by atoms with van der Waals surface area (Å²) >= 11 is 0. The van der Waals surface area contributed by atoms with Gasteiger partial charge in [-0.25, -0.2) is 0 Å². The van der Waals surface area contributed by atoms with Crippen molar-refractivity contribution in [1.82, 2.24) is 20.0 Å². The van der Waals surface area contributed by atoms with Crippen molar-refractivity contribution < 1.29 is 5.11 Å². The number of aliphatic hydroxyl groups is 1. The summed E-state index contributed by atoms with van der Waals surface area (Å²) in [5, 5.41) is 17.5. The first kappa shape index (κ1) is 14.5. The first-order valence-corrected chi connectivity index (χ1v) is 7.16. The van der Waals surface area contributed by atoms with Crippen LogP contribution in [0.3, 0.4) is 0 Å². The average molecular weight is 266 g/mol. The average Bonchev–Trinajstić information content (AvgIpc) is 3.00. The quantitative estimate of drug-likeness (QED) is 0.763. The lowest BCUT2D eigenvalue weighted by Crippen LogP contribution is -2.50. The molecule has 108 valence electrons. The Morgan fingerprint density at radius 3 is 2.74 bits per heavy atom. The van der Waals surface area contributed by atoms with Crippen molar-refractivity contribution >= 4 is 0 Å². The highest BCUT2D eigenvalue weighted by molar-refractivity contribution is 4.94. The molecule has 0 aliphatic heterocycles. The van der Waals surface area contributed by atoms with Crippen LogP contribution in [-0.2, 0) is 6.54 Å². The number of nitrogens with one attached hydrogen (secondary N) is 1. The smallest absolute Gasteiger partial charge is 0.0860 e. The van der Waals surface area contributed by atoms with E-state index in [4.69, 9.17) is 0 Å². The van der Waals surface area contributed by atoms with Crippen molar-refractivity contribution in [1.29, 1.82) is 0 Å². The van der Waals surface area contributed by atoms with E-state index in [2.05, 4.69) is 29.4 Å². The maximum atomic E-state index is 9.98. The first-order chi connectivity index (χ1) is 9.12. The standard InChI is InChI=1S/C14H26N4O/c1-17(2)14(6-3-4-7-14)12-15-10-13(19)11-18-9-5-8-16-18/h5,8-9,13,15,19H,3-4,6-7,10-12H2,1-2H3. The number of hydrogen-bond acceptors (Lipinski definition) is 4. The van der Waals surface area contributed by atoms with Gasteiger partial charge in [-0.1, -0.05) is 12.8 Å². The second-order valence-corrected chi connectivity index (χ2v) is 5.84. The minimum absolute atomic E-state index is 0.283. The molecule has 5 heteroatoms. The molecule has 0 radical (unpaired) electrons. The van der Waals surface area contributed by atoms with Gasteiger partial charge in [0.05, 0.1) is 12.6 Å². The SMILES string of the molecule is CN(C)C1(CNCC(O)Cn2cccn2)CCCC1. The summed E-state index contributed by atoms with van der Waals surface area (Å²) < 4.78 is 1.77. The number of aliphatic hydroxyl groups excluding tert-OH is 1. The van der Waals surface area contributed by atoms with E-state index in [0.29, 0.717) is 13.1 Å². The summed E-state index contributed by atoms with van der Waals surface area (Å²) in [5.74, 6) is 0. The first-order valence-electron chi connectivity index (χ1n) is 7.16. The van der Waals surface area contributed by atoms with Crippen molar-refractivity contribution in [2.24, 2.45) is 0 Å². The maximum Gasteiger partial charge on any atom is 0.0860 e. The van der Waals surface area contributed by atoms with E-state index in [-0.39, 0.29) is 11.6 Å². The molecule has 0 saturated heterocycles. The molecule has 1 fully saturated rings. The molecular weight excluding hydrogens is 240 g/mol. The fraction of sp³-hybridized carbons (Fsp3) is 0.786. The highest BCUT2D eigenvalue weighted by Gasteiger charge is 2.35. The van der Waals surface area contributed by atoms with Gasteiger partial charge in [0, 0.05) is 31.0 Å². The van der Waals surface area contributed by atoms with Crippen LogP contribution in [-0.4, -0.2) is 58.6 Å². The highest BCUT2D eigenvalue weighted by Crippen LogP contribution is 2.32. The van der Waals surface area contributed by atoms with Gasteiger partial charge in [-0.2, -0.15) is 5.10 Å². The van der Waals surface area contributed by atoms with Gasteiger partial charge in [-0.3, -0.25) is 4.68 Å². The van der Waals surface area contributed by atoms with E-state index < -0.39 is 0 Å². The van der Waals surface area contributed by atoms with Gasteiger partial charge in [-0.05, 0) is 33.0 Å². The predicted octanol–water partition coefficient (Wildman–Crippen LogP) is 0.708. The van der Waals surface area contributed by atoms with Crippen LogP contribution in [0.15, 0.2) is 18.5 Å². The molecule has 1 aliphatic carbocycles. The van der Waals surface area contributed by atoms with Gasteiger partial charge in [0.1, 0.15) is 0 Å². The molecule has 0 spiro atoms. The summed E-state index contributed by atoms with van der Waals surface area (Å²) in [6, 6.07) is 1.87. The third-order valence-electron chi connectivity index (χ3n) is 4.27. The van der Waals surface area contributed by atoms with Gasteiger partial charge >= 0.3 is 0 Å². The van der Waals surface area contributed by atoms with Crippen molar-refractivity contribution in [2.75, 3.05) is 27.2 Å². The number of rotatable bonds is 7. The van der Waals surface area contributed by atoms with E-state index in [1.165, 1.54) is 25.7 Å². The molecule has 1 aromatic heterocycles. The van der Waals surface area contributed by atoms with Gasteiger partial charge < -0.3 is 15.3 Å². The molecule has 19 heavy (non-hydrogen) atoms. The minimum atomic E-state index is -0.388. The van der Waals surface area contributed by atoms with Crippen molar-refractivity contribution in [3.63, 3.8) is 0 Å². The van der Waals surface area contributed by atoms with Crippen LogP contribution in [0.4, 0.5) is 0 Å². The zero-order chi connectivity index (χ0) is 13.7. The molecule has 0 aromatic carbocycles. The molecule has 0 amide bonds. The second-order valence-electron chi connectivity index (χ2n) is 5.84. The lowest BCUT2D eigenvalue weighted by molar-refractivity contribution is 0.122. The van der Waals surface area contributed by atoms with Gasteiger partial charge in [0.25, 0.3) is 0 Å². The topological polar surface area (TPSA) is 53.3 Å². The highest BCUT2D eigenvalue weighted by atomic mass is 16.3. The Bertz CT molecular complexity index is 358. The Hall–Kier alpha value is -0.910. The summed E-state index contributed by atoms with van der Waals surface area (Å²) in [6.07, 6.45) is 8.36. The molecule has 1 aliphatic rings. The van der Waals surface area contributed by atoms with Gasteiger partial charge in [0.2, 0.25) is 0 Å². The fourth-order valence-electron chi connectivity index (χ4n) is 2.98. The Kier molecular flexibility index (Phi) is 4.96. The number of nitrogens with zero attached hydrogens (tertiary/aromatic N) is 3. The molecule has 5 nitrogen and oxygen atoms in total. The molecule has 1 heterocycles. The number of aromatic nitrogens is 2. The molecule has 2 rings (SSSR count). The molecule has 0 bridgehead atoms. The van der Waals surface area contributed by atoms with Crippen molar-refractivity contribution in [3.05, 3.63) is 18.5 Å². The predicted molar refractivity (Wildman–Crippen MR) is 76.0 cm³/mol. The summed E-state index contributed by atoms with van der Waals surface area (Å²) in [7, 11) is 4.32.